The van der Waals surface area contributed by atoms with Gasteiger partial charge in [0.25, 0.3) is 0 Å². The molecule has 0 spiro atoms. The zero-order valence-corrected chi connectivity index (χ0v) is 24.9. The largest absolute Gasteiger partial charge is 0.505 e. The molecular weight excluding hydrogens is 558 g/mol. The molecule has 2 aliphatic heterocycles. The number of anilines is 3. The number of rotatable bonds is 8. The highest BCUT2D eigenvalue weighted by Gasteiger charge is 2.57. The first-order valence-corrected chi connectivity index (χ1v) is 15.2. The molecule has 3 aromatic carbocycles. The molecule has 3 N–H and O–H groups in total. The van der Waals surface area contributed by atoms with Crippen molar-refractivity contribution in [1.82, 2.24) is 0 Å². The minimum atomic E-state index is -1.04. The quantitative estimate of drug-likeness (QED) is 0.150. The number of halogens is 1. The number of imide groups is 1. The standard InChI is InChI=1S/C35H36BFN2O5/c1-3-23-19-27-33(35(42)39(34(27)41)26-13-11-25(12-14-26)38-24-7-5-4-6-8-24)28-20-36(43)44-31(32(23)28)16-9-21(2)17-22-10-15-30(40)29(37)18-22/h4-8,10-15,17-18,27-28,31,33,38,40,43H,3,9,16,19-20H2,1-2H3/b21-17+/t27-,28+,31-,33-/m1/s1. The number of phenolic OH excluding ortho intramolecular Hbond substituents is 1. The van der Waals surface area contributed by atoms with Crippen LogP contribution in [0.2, 0.25) is 6.32 Å². The zero-order valence-electron chi connectivity index (χ0n) is 24.9. The van der Waals surface area contributed by atoms with Gasteiger partial charge >= 0.3 is 7.12 Å². The molecule has 1 aliphatic carbocycles. The molecule has 3 aliphatic rings. The Morgan fingerprint density at radius 2 is 1.77 bits per heavy atom. The van der Waals surface area contributed by atoms with E-state index in [-0.39, 0.29) is 35.9 Å². The molecule has 6 rings (SSSR count). The van der Waals surface area contributed by atoms with Gasteiger partial charge in [0.15, 0.2) is 11.6 Å². The number of amides is 2. The first-order valence-electron chi connectivity index (χ1n) is 15.2. The van der Waals surface area contributed by atoms with Crippen molar-refractivity contribution in [2.45, 2.75) is 52.0 Å². The fourth-order valence-electron chi connectivity index (χ4n) is 7.07. The van der Waals surface area contributed by atoms with Crippen LogP contribution < -0.4 is 10.2 Å². The number of phenols is 1. The Hall–Kier alpha value is -4.21. The second-order valence-corrected chi connectivity index (χ2v) is 12.0. The molecule has 0 unspecified atom stereocenters. The molecule has 44 heavy (non-hydrogen) atoms. The van der Waals surface area contributed by atoms with Gasteiger partial charge in [-0.05, 0) is 105 Å². The summed E-state index contributed by atoms with van der Waals surface area (Å²) in [5.74, 6) is -2.77. The SMILES string of the molecule is CCC1=C2[C@@H](CC/C(C)=C/c3ccc(O)c(F)c3)OB(O)C[C@@H]2[C@@H]2C(=O)N(c3ccc(Nc4ccccc4)cc3)C(=O)[C@@H]2C1. The third-order valence-corrected chi connectivity index (χ3v) is 9.11. The molecular formula is C35H36BFN2O5. The Kier molecular flexibility index (Phi) is 8.43. The minimum Gasteiger partial charge on any atom is -0.505 e. The average molecular weight is 594 g/mol. The van der Waals surface area contributed by atoms with Gasteiger partial charge in [-0.2, -0.15) is 0 Å². The van der Waals surface area contributed by atoms with Crippen LogP contribution in [-0.2, 0) is 14.2 Å². The number of allylic oxidation sites excluding steroid dienone is 2. The van der Waals surface area contributed by atoms with Crippen molar-refractivity contribution in [2.24, 2.45) is 17.8 Å². The number of nitrogens with one attached hydrogen (secondary N) is 1. The Morgan fingerprint density at radius 3 is 2.48 bits per heavy atom. The van der Waals surface area contributed by atoms with Gasteiger partial charge in [-0.1, -0.05) is 48.4 Å². The maximum Gasteiger partial charge on any atom is 0.455 e. The van der Waals surface area contributed by atoms with Crippen molar-refractivity contribution in [3.63, 3.8) is 0 Å². The molecule has 0 radical (unpaired) electrons. The van der Waals surface area contributed by atoms with Crippen LogP contribution in [0.25, 0.3) is 6.08 Å². The van der Waals surface area contributed by atoms with E-state index in [1.54, 1.807) is 18.2 Å². The normalized spacial score (nSPS) is 23.6. The van der Waals surface area contributed by atoms with E-state index in [1.165, 1.54) is 17.0 Å². The van der Waals surface area contributed by atoms with E-state index >= 15 is 0 Å². The molecule has 2 heterocycles. The summed E-state index contributed by atoms with van der Waals surface area (Å²) in [4.78, 5) is 29.1. The number of benzene rings is 3. The Labute approximate surface area is 257 Å². The smallest absolute Gasteiger partial charge is 0.455 e. The lowest BCUT2D eigenvalue weighted by Crippen LogP contribution is -2.46. The van der Waals surface area contributed by atoms with E-state index in [4.69, 9.17) is 4.65 Å². The number of carbonyl (C=O) groups is 2. The molecule has 3 aromatic rings. The summed E-state index contributed by atoms with van der Waals surface area (Å²) in [5.41, 5.74) is 6.15. The molecule has 0 bridgehead atoms. The van der Waals surface area contributed by atoms with E-state index in [2.05, 4.69) is 12.2 Å². The number of carbonyl (C=O) groups excluding carboxylic acids is 2. The van der Waals surface area contributed by atoms with Crippen LogP contribution in [0.1, 0.15) is 45.1 Å². The second-order valence-electron chi connectivity index (χ2n) is 12.0. The summed E-state index contributed by atoms with van der Waals surface area (Å²) < 4.78 is 19.9. The van der Waals surface area contributed by atoms with Gasteiger partial charge in [0, 0.05) is 11.4 Å². The van der Waals surface area contributed by atoms with Crippen LogP contribution in [-0.4, -0.2) is 35.2 Å². The lowest BCUT2D eigenvalue weighted by molar-refractivity contribution is -0.122. The summed E-state index contributed by atoms with van der Waals surface area (Å²) in [6.45, 7) is 4.01. The van der Waals surface area contributed by atoms with Crippen LogP contribution in [0.15, 0.2) is 89.5 Å². The predicted molar refractivity (Wildman–Crippen MR) is 170 cm³/mol. The average Bonchev–Trinajstić information content (AvgIpc) is 3.27. The second kappa shape index (κ2) is 12.4. The summed E-state index contributed by atoms with van der Waals surface area (Å²) in [6, 6.07) is 21.4. The molecule has 4 atom stereocenters. The zero-order chi connectivity index (χ0) is 31.0. The highest BCUT2D eigenvalue weighted by Crippen LogP contribution is 2.52. The van der Waals surface area contributed by atoms with Crippen molar-refractivity contribution in [3.05, 3.63) is 101 Å². The van der Waals surface area contributed by atoms with Crippen LogP contribution in [0.3, 0.4) is 0 Å². The number of nitrogens with zero attached hydrogens (tertiary/aromatic N) is 1. The number of hydrogen-bond acceptors (Lipinski definition) is 6. The van der Waals surface area contributed by atoms with Crippen molar-refractivity contribution in [3.8, 4) is 5.75 Å². The molecule has 2 saturated heterocycles. The van der Waals surface area contributed by atoms with Gasteiger partial charge in [0.1, 0.15) is 0 Å². The molecule has 0 aromatic heterocycles. The van der Waals surface area contributed by atoms with Crippen molar-refractivity contribution in [1.29, 1.82) is 0 Å². The molecule has 2 amide bonds. The number of para-hydroxylation sites is 1. The number of aromatic hydroxyl groups is 1. The highest BCUT2D eigenvalue weighted by atomic mass is 19.1. The minimum absolute atomic E-state index is 0.189. The Bertz CT molecular complexity index is 1620. The third-order valence-electron chi connectivity index (χ3n) is 9.11. The summed E-state index contributed by atoms with van der Waals surface area (Å²) >= 11 is 0. The van der Waals surface area contributed by atoms with Gasteiger partial charge in [-0.15, -0.1) is 0 Å². The van der Waals surface area contributed by atoms with E-state index in [0.717, 1.165) is 34.5 Å². The maximum absolute atomic E-state index is 14.0. The van der Waals surface area contributed by atoms with Gasteiger partial charge in [-0.3, -0.25) is 14.5 Å². The summed E-state index contributed by atoms with van der Waals surface area (Å²) in [6.07, 6.45) is 4.18. The molecule has 9 heteroatoms. The molecule has 226 valence electrons. The first kappa shape index (κ1) is 29.8. The maximum atomic E-state index is 14.0. The summed E-state index contributed by atoms with van der Waals surface area (Å²) in [7, 11) is -1.04. The number of hydrogen-bond donors (Lipinski definition) is 3. The Balaban J connectivity index is 1.21. The van der Waals surface area contributed by atoms with Gasteiger partial charge in [-0.25, -0.2) is 4.39 Å². The van der Waals surface area contributed by atoms with E-state index in [0.29, 0.717) is 30.5 Å². The van der Waals surface area contributed by atoms with Crippen LogP contribution in [0.5, 0.6) is 5.75 Å². The van der Waals surface area contributed by atoms with Gasteiger partial charge in [0.05, 0.1) is 23.6 Å². The number of fused-ring (bicyclic) bond motifs is 3. The van der Waals surface area contributed by atoms with E-state index in [1.807, 2.05) is 55.5 Å². The Morgan fingerprint density at radius 1 is 1.05 bits per heavy atom. The molecule has 0 saturated carbocycles. The van der Waals surface area contributed by atoms with Crippen LogP contribution >= 0.6 is 0 Å². The van der Waals surface area contributed by atoms with Crippen LogP contribution in [0.4, 0.5) is 21.5 Å². The predicted octanol–water partition coefficient (Wildman–Crippen LogP) is 6.87. The lowest BCUT2D eigenvalue weighted by atomic mass is 9.58. The van der Waals surface area contributed by atoms with Crippen molar-refractivity contribution < 1.29 is 28.8 Å². The van der Waals surface area contributed by atoms with Crippen LogP contribution in [0, 0.1) is 23.6 Å². The van der Waals surface area contributed by atoms with Gasteiger partial charge < -0.3 is 20.1 Å². The van der Waals surface area contributed by atoms with E-state index in [9.17, 15) is 24.1 Å². The van der Waals surface area contributed by atoms with Crippen molar-refractivity contribution in [2.75, 3.05) is 10.2 Å². The van der Waals surface area contributed by atoms with E-state index < -0.39 is 24.8 Å². The topological polar surface area (TPSA) is 99.1 Å². The molecule has 2 fully saturated rings. The first-order chi connectivity index (χ1) is 21.2. The van der Waals surface area contributed by atoms with Crippen molar-refractivity contribution >= 4 is 42.1 Å². The highest BCUT2D eigenvalue weighted by molar-refractivity contribution is 6.43. The third kappa shape index (κ3) is 5.82. The fourth-order valence-corrected chi connectivity index (χ4v) is 7.07. The fraction of sp³-hybridized carbons (Fsp3) is 0.314. The monoisotopic (exact) mass is 594 g/mol. The lowest BCUT2D eigenvalue weighted by Gasteiger charge is -2.43. The summed E-state index contributed by atoms with van der Waals surface area (Å²) in [5, 5.41) is 23.6. The molecule has 7 nitrogen and oxygen atoms in total. The van der Waals surface area contributed by atoms with Gasteiger partial charge in [0.2, 0.25) is 11.8 Å².